The normalized spacial score (nSPS) is 12.9. The Hall–Kier alpha value is -1.08. The van der Waals surface area contributed by atoms with Crippen LogP contribution in [-0.2, 0) is 4.74 Å². The van der Waals surface area contributed by atoms with E-state index in [1.165, 1.54) is 0 Å². The summed E-state index contributed by atoms with van der Waals surface area (Å²) in [5.74, 6) is 0. The molecule has 1 heteroatoms. The van der Waals surface area contributed by atoms with E-state index in [1.54, 1.807) is 0 Å². The molecule has 0 heterocycles. The standard InChI is InChI=1S/C13H18O/c1-10(2)14-12(4)11(3)13-8-6-5-7-9-13/h5-10,12H,3H2,1-2,4H3. The summed E-state index contributed by atoms with van der Waals surface area (Å²) in [5.41, 5.74) is 2.19. The second-order valence-electron chi connectivity index (χ2n) is 3.72. The average Bonchev–Trinajstić information content (AvgIpc) is 2.17. The van der Waals surface area contributed by atoms with Gasteiger partial charge in [-0.1, -0.05) is 36.9 Å². The van der Waals surface area contributed by atoms with Crippen molar-refractivity contribution in [3.8, 4) is 0 Å². The van der Waals surface area contributed by atoms with Gasteiger partial charge in [0.05, 0.1) is 12.2 Å². The SMILES string of the molecule is C=C(c1ccccc1)C(C)OC(C)C. The molecule has 14 heavy (non-hydrogen) atoms. The van der Waals surface area contributed by atoms with Crippen molar-refractivity contribution < 1.29 is 4.74 Å². The highest BCUT2D eigenvalue weighted by Gasteiger charge is 2.09. The van der Waals surface area contributed by atoms with Crippen LogP contribution >= 0.6 is 0 Å². The van der Waals surface area contributed by atoms with Gasteiger partial charge in [-0.25, -0.2) is 0 Å². The van der Waals surface area contributed by atoms with Gasteiger partial charge in [0, 0.05) is 0 Å². The van der Waals surface area contributed by atoms with E-state index in [0.29, 0.717) is 0 Å². The molecular weight excluding hydrogens is 172 g/mol. The van der Waals surface area contributed by atoms with Crippen molar-refractivity contribution in [2.24, 2.45) is 0 Å². The van der Waals surface area contributed by atoms with Gasteiger partial charge < -0.3 is 4.74 Å². The molecule has 1 rings (SSSR count). The number of benzene rings is 1. The summed E-state index contributed by atoms with van der Waals surface area (Å²) >= 11 is 0. The van der Waals surface area contributed by atoms with Gasteiger partial charge in [-0.3, -0.25) is 0 Å². The van der Waals surface area contributed by atoms with Crippen LogP contribution in [0.5, 0.6) is 0 Å². The van der Waals surface area contributed by atoms with Crippen LogP contribution in [0.3, 0.4) is 0 Å². The Morgan fingerprint density at radius 1 is 1.14 bits per heavy atom. The third-order valence-electron chi connectivity index (χ3n) is 2.11. The van der Waals surface area contributed by atoms with Crippen molar-refractivity contribution in [3.63, 3.8) is 0 Å². The summed E-state index contributed by atoms with van der Waals surface area (Å²) in [6, 6.07) is 10.2. The van der Waals surface area contributed by atoms with E-state index in [-0.39, 0.29) is 12.2 Å². The van der Waals surface area contributed by atoms with Crippen molar-refractivity contribution in [3.05, 3.63) is 42.5 Å². The maximum atomic E-state index is 5.67. The fraction of sp³-hybridized carbons (Fsp3) is 0.385. The zero-order valence-corrected chi connectivity index (χ0v) is 9.16. The molecule has 0 aromatic heterocycles. The molecule has 76 valence electrons. The van der Waals surface area contributed by atoms with Crippen LogP contribution in [-0.4, -0.2) is 12.2 Å². The second kappa shape index (κ2) is 4.97. The summed E-state index contributed by atoms with van der Waals surface area (Å²) in [5, 5.41) is 0. The largest absolute Gasteiger partial charge is 0.371 e. The Bertz CT molecular complexity index is 287. The first-order valence-electron chi connectivity index (χ1n) is 5.01. The predicted molar refractivity (Wildman–Crippen MR) is 61.2 cm³/mol. The molecule has 0 saturated heterocycles. The van der Waals surface area contributed by atoms with Crippen LogP contribution in [0.25, 0.3) is 5.57 Å². The molecule has 0 N–H and O–H groups in total. The van der Waals surface area contributed by atoms with E-state index in [0.717, 1.165) is 11.1 Å². The fourth-order valence-corrected chi connectivity index (χ4v) is 1.38. The first-order chi connectivity index (χ1) is 6.61. The molecule has 1 aromatic rings. The highest BCUT2D eigenvalue weighted by molar-refractivity contribution is 5.66. The molecule has 1 aromatic carbocycles. The zero-order valence-electron chi connectivity index (χ0n) is 9.16. The molecule has 0 radical (unpaired) electrons. The third kappa shape index (κ3) is 3.00. The Kier molecular flexibility index (Phi) is 3.90. The zero-order chi connectivity index (χ0) is 10.6. The van der Waals surface area contributed by atoms with Gasteiger partial charge in [0.1, 0.15) is 0 Å². The van der Waals surface area contributed by atoms with E-state index in [2.05, 4.69) is 18.7 Å². The molecule has 0 fully saturated rings. The van der Waals surface area contributed by atoms with Crippen LogP contribution in [0.15, 0.2) is 36.9 Å². The smallest absolute Gasteiger partial charge is 0.0800 e. The average molecular weight is 190 g/mol. The molecule has 1 atom stereocenters. The minimum atomic E-state index is 0.0809. The van der Waals surface area contributed by atoms with Gasteiger partial charge in [0.15, 0.2) is 0 Å². The summed E-state index contributed by atoms with van der Waals surface area (Å²) in [7, 11) is 0. The predicted octanol–water partition coefficient (Wildman–Crippen LogP) is 3.51. The molecule has 0 aliphatic rings. The molecule has 0 bridgehead atoms. The quantitative estimate of drug-likeness (QED) is 0.706. The Morgan fingerprint density at radius 2 is 1.71 bits per heavy atom. The van der Waals surface area contributed by atoms with Crippen LogP contribution in [0.1, 0.15) is 26.3 Å². The summed E-state index contributed by atoms with van der Waals surface area (Å²) in [4.78, 5) is 0. The minimum Gasteiger partial charge on any atom is -0.371 e. The van der Waals surface area contributed by atoms with Gasteiger partial charge in [0.25, 0.3) is 0 Å². The monoisotopic (exact) mass is 190 g/mol. The van der Waals surface area contributed by atoms with E-state index in [1.807, 2.05) is 39.0 Å². The molecule has 1 unspecified atom stereocenters. The lowest BCUT2D eigenvalue weighted by molar-refractivity contribution is 0.0517. The maximum Gasteiger partial charge on any atom is 0.0800 e. The molecule has 0 aliphatic heterocycles. The first kappa shape index (κ1) is 11.0. The van der Waals surface area contributed by atoms with Crippen LogP contribution in [0, 0.1) is 0 Å². The van der Waals surface area contributed by atoms with Gasteiger partial charge in [0.2, 0.25) is 0 Å². The van der Waals surface area contributed by atoms with Crippen LogP contribution < -0.4 is 0 Å². The number of ether oxygens (including phenoxy) is 1. The lowest BCUT2D eigenvalue weighted by Crippen LogP contribution is -2.15. The lowest BCUT2D eigenvalue weighted by atomic mass is 10.0. The first-order valence-corrected chi connectivity index (χ1v) is 5.01. The molecule has 1 nitrogen and oxygen atoms in total. The highest BCUT2D eigenvalue weighted by Crippen LogP contribution is 2.18. The second-order valence-corrected chi connectivity index (χ2v) is 3.72. The van der Waals surface area contributed by atoms with Crippen molar-refractivity contribution in [1.29, 1.82) is 0 Å². The Labute approximate surface area is 86.4 Å². The Morgan fingerprint density at radius 3 is 2.21 bits per heavy atom. The molecule has 0 spiro atoms. The summed E-state index contributed by atoms with van der Waals surface area (Å²) < 4.78 is 5.67. The minimum absolute atomic E-state index is 0.0809. The van der Waals surface area contributed by atoms with Gasteiger partial charge in [-0.15, -0.1) is 0 Å². The maximum absolute atomic E-state index is 5.67. The fourth-order valence-electron chi connectivity index (χ4n) is 1.38. The highest BCUT2D eigenvalue weighted by atomic mass is 16.5. The summed E-state index contributed by atoms with van der Waals surface area (Å²) in [6.45, 7) is 10.2. The number of hydrogen-bond donors (Lipinski definition) is 0. The van der Waals surface area contributed by atoms with Crippen LogP contribution in [0.4, 0.5) is 0 Å². The Balaban J connectivity index is 2.66. The number of rotatable bonds is 4. The molecular formula is C13H18O. The van der Waals surface area contributed by atoms with E-state index in [4.69, 9.17) is 4.74 Å². The van der Waals surface area contributed by atoms with Crippen LogP contribution in [0.2, 0.25) is 0 Å². The van der Waals surface area contributed by atoms with E-state index >= 15 is 0 Å². The number of hydrogen-bond acceptors (Lipinski definition) is 1. The van der Waals surface area contributed by atoms with Crippen molar-refractivity contribution in [2.45, 2.75) is 33.0 Å². The molecule has 0 amide bonds. The third-order valence-corrected chi connectivity index (χ3v) is 2.11. The van der Waals surface area contributed by atoms with Crippen molar-refractivity contribution in [1.82, 2.24) is 0 Å². The molecule has 0 aliphatic carbocycles. The topological polar surface area (TPSA) is 9.23 Å². The van der Waals surface area contributed by atoms with Crippen molar-refractivity contribution >= 4 is 5.57 Å². The van der Waals surface area contributed by atoms with Crippen molar-refractivity contribution in [2.75, 3.05) is 0 Å². The van der Waals surface area contributed by atoms with Gasteiger partial charge in [-0.2, -0.15) is 0 Å². The molecule has 0 saturated carbocycles. The van der Waals surface area contributed by atoms with E-state index < -0.39 is 0 Å². The van der Waals surface area contributed by atoms with E-state index in [9.17, 15) is 0 Å². The summed E-state index contributed by atoms with van der Waals surface area (Å²) in [6.07, 6.45) is 0.322. The lowest BCUT2D eigenvalue weighted by Gasteiger charge is -2.18. The van der Waals surface area contributed by atoms with Gasteiger partial charge in [-0.05, 0) is 31.9 Å². The van der Waals surface area contributed by atoms with Gasteiger partial charge >= 0.3 is 0 Å².